The van der Waals surface area contributed by atoms with E-state index in [2.05, 4.69) is 5.32 Å². The van der Waals surface area contributed by atoms with E-state index in [4.69, 9.17) is 9.47 Å². The predicted octanol–water partition coefficient (Wildman–Crippen LogP) is 3.39. The van der Waals surface area contributed by atoms with Crippen molar-refractivity contribution >= 4 is 5.91 Å². The summed E-state index contributed by atoms with van der Waals surface area (Å²) >= 11 is 0. The van der Waals surface area contributed by atoms with Gasteiger partial charge in [0.05, 0.1) is 6.10 Å². The zero-order chi connectivity index (χ0) is 15.2. The van der Waals surface area contributed by atoms with E-state index in [0.29, 0.717) is 17.9 Å². The third-order valence-corrected chi connectivity index (χ3v) is 3.61. The van der Waals surface area contributed by atoms with Crippen LogP contribution in [0.4, 0.5) is 0 Å². The summed E-state index contributed by atoms with van der Waals surface area (Å²) in [5, 5.41) is 2.91. The van der Waals surface area contributed by atoms with Gasteiger partial charge in [-0.25, -0.2) is 0 Å². The minimum Gasteiger partial charge on any atom is -0.457 e. The summed E-state index contributed by atoms with van der Waals surface area (Å²) in [5.41, 5.74) is 0.624. The molecule has 1 unspecified atom stereocenters. The number of para-hydroxylation sites is 1. The number of ether oxygens (including phenoxy) is 2. The second-order valence-electron chi connectivity index (χ2n) is 5.28. The zero-order valence-electron chi connectivity index (χ0n) is 12.3. The summed E-state index contributed by atoms with van der Waals surface area (Å²) in [6, 6.07) is 16.7. The third-order valence-electron chi connectivity index (χ3n) is 3.61. The molecule has 4 nitrogen and oxygen atoms in total. The Morgan fingerprint density at radius 2 is 1.82 bits per heavy atom. The first-order valence-electron chi connectivity index (χ1n) is 7.54. The van der Waals surface area contributed by atoms with Crippen LogP contribution in [-0.2, 0) is 4.74 Å². The largest absolute Gasteiger partial charge is 0.457 e. The summed E-state index contributed by atoms with van der Waals surface area (Å²) in [7, 11) is 0. The number of benzene rings is 2. The van der Waals surface area contributed by atoms with E-state index in [0.717, 1.165) is 25.2 Å². The SMILES string of the molecule is O=C(NCC1CCCO1)c1ccc(Oc2ccccc2)cc1. The Labute approximate surface area is 130 Å². The first-order valence-corrected chi connectivity index (χ1v) is 7.54. The lowest BCUT2D eigenvalue weighted by Crippen LogP contribution is -2.31. The van der Waals surface area contributed by atoms with Crippen molar-refractivity contribution in [3.8, 4) is 11.5 Å². The fourth-order valence-corrected chi connectivity index (χ4v) is 2.41. The molecule has 0 radical (unpaired) electrons. The first-order chi connectivity index (χ1) is 10.8. The average Bonchev–Trinajstić information content (AvgIpc) is 3.08. The number of rotatable bonds is 5. The van der Waals surface area contributed by atoms with Crippen molar-refractivity contribution in [2.24, 2.45) is 0 Å². The van der Waals surface area contributed by atoms with Crippen molar-refractivity contribution < 1.29 is 14.3 Å². The van der Waals surface area contributed by atoms with Crippen LogP contribution in [0.15, 0.2) is 54.6 Å². The number of amides is 1. The van der Waals surface area contributed by atoms with Crippen LogP contribution in [0, 0.1) is 0 Å². The maximum Gasteiger partial charge on any atom is 0.251 e. The molecule has 0 aliphatic carbocycles. The molecule has 4 heteroatoms. The number of carbonyl (C=O) groups is 1. The number of hydrogen-bond donors (Lipinski definition) is 1. The molecule has 114 valence electrons. The maximum atomic E-state index is 12.1. The van der Waals surface area contributed by atoms with Crippen molar-refractivity contribution in [3.05, 3.63) is 60.2 Å². The van der Waals surface area contributed by atoms with Crippen molar-refractivity contribution in [2.75, 3.05) is 13.2 Å². The molecule has 0 bridgehead atoms. The van der Waals surface area contributed by atoms with Gasteiger partial charge >= 0.3 is 0 Å². The maximum absolute atomic E-state index is 12.1. The van der Waals surface area contributed by atoms with E-state index in [9.17, 15) is 4.79 Å². The zero-order valence-corrected chi connectivity index (χ0v) is 12.3. The van der Waals surface area contributed by atoms with Crippen LogP contribution in [0.5, 0.6) is 11.5 Å². The van der Waals surface area contributed by atoms with Gasteiger partial charge in [0.25, 0.3) is 5.91 Å². The van der Waals surface area contributed by atoms with Crippen LogP contribution in [0.3, 0.4) is 0 Å². The molecule has 0 aromatic heterocycles. The van der Waals surface area contributed by atoms with Gasteiger partial charge in [-0.2, -0.15) is 0 Å². The fraction of sp³-hybridized carbons (Fsp3) is 0.278. The molecule has 0 saturated carbocycles. The van der Waals surface area contributed by atoms with Crippen LogP contribution < -0.4 is 10.1 Å². The van der Waals surface area contributed by atoms with E-state index >= 15 is 0 Å². The third kappa shape index (κ3) is 3.86. The van der Waals surface area contributed by atoms with Gasteiger partial charge in [0.1, 0.15) is 11.5 Å². The Morgan fingerprint density at radius 3 is 2.50 bits per heavy atom. The molecule has 3 rings (SSSR count). The molecule has 1 saturated heterocycles. The molecule has 1 fully saturated rings. The van der Waals surface area contributed by atoms with Crippen molar-refractivity contribution in [1.29, 1.82) is 0 Å². The Kier molecular flexibility index (Phi) is 4.71. The Bertz CT molecular complexity index is 604. The van der Waals surface area contributed by atoms with Crippen LogP contribution >= 0.6 is 0 Å². The molecule has 1 aliphatic rings. The first kappa shape index (κ1) is 14.6. The monoisotopic (exact) mass is 297 g/mol. The Hall–Kier alpha value is -2.33. The van der Waals surface area contributed by atoms with Gasteiger partial charge in [-0.1, -0.05) is 18.2 Å². The van der Waals surface area contributed by atoms with Gasteiger partial charge in [0, 0.05) is 18.7 Å². The minimum absolute atomic E-state index is 0.0817. The van der Waals surface area contributed by atoms with Crippen LogP contribution in [0.25, 0.3) is 0 Å². The van der Waals surface area contributed by atoms with Gasteiger partial charge in [0.2, 0.25) is 0 Å². The van der Waals surface area contributed by atoms with E-state index < -0.39 is 0 Å². The fourth-order valence-electron chi connectivity index (χ4n) is 2.41. The lowest BCUT2D eigenvalue weighted by atomic mass is 10.2. The van der Waals surface area contributed by atoms with Crippen LogP contribution in [0.1, 0.15) is 23.2 Å². The summed E-state index contributed by atoms with van der Waals surface area (Å²) in [5.74, 6) is 1.40. The average molecular weight is 297 g/mol. The molecular weight excluding hydrogens is 278 g/mol. The van der Waals surface area contributed by atoms with Crippen LogP contribution in [0.2, 0.25) is 0 Å². The van der Waals surface area contributed by atoms with Crippen molar-refractivity contribution in [2.45, 2.75) is 18.9 Å². The van der Waals surface area contributed by atoms with E-state index in [1.54, 1.807) is 24.3 Å². The Morgan fingerprint density at radius 1 is 1.09 bits per heavy atom. The molecule has 22 heavy (non-hydrogen) atoms. The van der Waals surface area contributed by atoms with E-state index in [-0.39, 0.29) is 12.0 Å². The molecule has 1 atom stereocenters. The van der Waals surface area contributed by atoms with Crippen molar-refractivity contribution in [1.82, 2.24) is 5.32 Å². The topological polar surface area (TPSA) is 47.6 Å². The second-order valence-corrected chi connectivity index (χ2v) is 5.28. The predicted molar refractivity (Wildman–Crippen MR) is 84.3 cm³/mol. The lowest BCUT2D eigenvalue weighted by Gasteiger charge is -2.11. The Balaban J connectivity index is 1.55. The molecule has 1 heterocycles. The lowest BCUT2D eigenvalue weighted by molar-refractivity contribution is 0.0858. The van der Waals surface area contributed by atoms with Gasteiger partial charge in [0.15, 0.2) is 0 Å². The number of carbonyl (C=O) groups excluding carboxylic acids is 1. The van der Waals surface area contributed by atoms with Gasteiger partial charge in [-0.05, 0) is 49.2 Å². The molecule has 0 spiro atoms. The molecule has 2 aromatic carbocycles. The quantitative estimate of drug-likeness (QED) is 0.920. The van der Waals surface area contributed by atoms with E-state index in [1.165, 1.54) is 0 Å². The highest BCUT2D eigenvalue weighted by atomic mass is 16.5. The molecule has 1 aliphatic heterocycles. The summed E-state index contributed by atoms with van der Waals surface area (Å²) in [6.45, 7) is 1.37. The van der Waals surface area contributed by atoms with Crippen LogP contribution in [-0.4, -0.2) is 25.2 Å². The molecular formula is C18H19NO3. The highest BCUT2D eigenvalue weighted by molar-refractivity contribution is 5.94. The number of hydrogen-bond acceptors (Lipinski definition) is 3. The molecule has 1 N–H and O–H groups in total. The second kappa shape index (κ2) is 7.09. The summed E-state index contributed by atoms with van der Waals surface area (Å²) in [4.78, 5) is 12.1. The summed E-state index contributed by atoms with van der Waals surface area (Å²) in [6.07, 6.45) is 2.25. The van der Waals surface area contributed by atoms with Gasteiger partial charge in [-0.3, -0.25) is 4.79 Å². The molecule has 2 aromatic rings. The van der Waals surface area contributed by atoms with Gasteiger partial charge < -0.3 is 14.8 Å². The van der Waals surface area contributed by atoms with E-state index in [1.807, 2.05) is 30.3 Å². The molecule has 1 amide bonds. The normalized spacial score (nSPS) is 17.2. The van der Waals surface area contributed by atoms with Gasteiger partial charge in [-0.15, -0.1) is 0 Å². The standard InChI is InChI=1S/C18H19NO3/c20-18(19-13-17-7-4-12-21-17)14-8-10-16(11-9-14)22-15-5-2-1-3-6-15/h1-3,5-6,8-11,17H,4,7,12-13H2,(H,19,20). The number of nitrogens with one attached hydrogen (secondary N) is 1. The summed E-state index contributed by atoms with van der Waals surface area (Å²) < 4.78 is 11.2. The minimum atomic E-state index is -0.0817. The van der Waals surface area contributed by atoms with Crippen molar-refractivity contribution in [3.63, 3.8) is 0 Å². The highest BCUT2D eigenvalue weighted by Gasteiger charge is 2.16. The smallest absolute Gasteiger partial charge is 0.251 e. The highest BCUT2D eigenvalue weighted by Crippen LogP contribution is 2.21.